The van der Waals surface area contributed by atoms with Crippen molar-refractivity contribution >= 4 is 17.3 Å². The van der Waals surface area contributed by atoms with Crippen LogP contribution in [0.5, 0.6) is 0 Å². The van der Waals surface area contributed by atoms with Crippen LogP contribution < -0.4 is 5.32 Å². The number of pyridine rings is 1. The Morgan fingerprint density at radius 1 is 1.35 bits per heavy atom. The molecule has 0 radical (unpaired) electrons. The van der Waals surface area contributed by atoms with E-state index in [1.54, 1.807) is 12.1 Å². The summed E-state index contributed by atoms with van der Waals surface area (Å²) in [6, 6.07) is 10.3. The fourth-order valence-corrected chi connectivity index (χ4v) is 1.53. The zero-order chi connectivity index (χ0) is 14.5. The Morgan fingerprint density at radius 3 is 2.75 bits per heavy atom. The molecule has 0 fully saturated rings. The molecule has 98 valence electrons. The Morgan fingerprint density at radius 2 is 2.15 bits per heavy atom. The number of benzene rings is 1. The number of nitrogens with one attached hydrogen (secondary N) is 1. The van der Waals surface area contributed by atoms with E-state index in [0.29, 0.717) is 0 Å². The highest BCUT2D eigenvalue weighted by atomic mass is 16.6. The van der Waals surface area contributed by atoms with Crippen LogP contribution in [0.1, 0.15) is 16.1 Å². The standard InChI is InChI=1S/C13H8N4O3/c14-8-9-7-10(17(19)20)4-5-11(9)16-13(18)12-3-1-2-6-15-12/h1-7H,(H,16,18). The van der Waals surface area contributed by atoms with Gasteiger partial charge in [-0.2, -0.15) is 5.26 Å². The zero-order valence-corrected chi connectivity index (χ0v) is 10.1. The van der Waals surface area contributed by atoms with Gasteiger partial charge in [-0.1, -0.05) is 6.07 Å². The van der Waals surface area contributed by atoms with Crippen LogP contribution in [0.15, 0.2) is 42.6 Å². The molecule has 1 heterocycles. The summed E-state index contributed by atoms with van der Waals surface area (Å²) in [5, 5.41) is 22.1. The minimum Gasteiger partial charge on any atom is -0.319 e. The number of nitro benzene ring substituents is 1. The number of hydrogen-bond donors (Lipinski definition) is 1. The summed E-state index contributed by atoms with van der Waals surface area (Å²) in [6.07, 6.45) is 1.47. The average Bonchev–Trinajstić information content (AvgIpc) is 2.48. The van der Waals surface area contributed by atoms with Gasteiger partial charge in [0.15, 0.2) is 0 Å². The van der Waals surface area contributed by atoms with E-state index >= 15 is 0 Å². The van der Waals surface area contributed by atoms with Crippen molar-refractivity contribution in [1.29, 1.82) is 5.26 Å². The van der Waals surface area contributed by atoms with E-state index in [1.165, 1.54) is 24.4 Å². The Hall–Kier alpha value is -3.27. The van der Waals surface area contributed by atoms with Crippen LogP contribution in [-0.4, -0.2) is 15.8 Å². The molecule has 0 aliphatic carbocycles. The predicted octanol–water partition coefficient (Wildman–Crippen LogP) is 2.11. The smallest absolute Gasteiger partial charge is 0.274 e. The minimum absolute atomic E-state index is 0.0171. The third-order valence-electron chi connectivity index (χ3n) is 2.48. The van der Waals surface area contributed by atoms with Crippen molar-refractivity contribution in [2.24, 2.45) is 0 Å². The number of hydrogen-bond acceptors (Lipinski definition) is 5. The van der Waals surface area contributed by atoms with Gasteiger partial charge in [0.25, 0.3) is 11.6 Å². The summed E-state index contributed by atoms with van der Waals surface area (Å²) < 4.78 is 0. The third-order valence-corrected chi connectivity index (χ3v) is 2.48. The van der Waals surface area contributed by atoms with Gasteiger partial charge in [0.1, 0.15) is 11.8 Å². The fraction of sp³-hybridized carbons (Fsp3) is 0. The Kier molecular flexibility index (Phi) is 3.67. The predicted molar refractivity (Wildman–Crippen MR) is 70.0 cm³/mol. The second-order valence-electron chi connectivity index (χ2n) is 3.77. The highest BCUT2D eigenvalue weighted by Gasteiger charge is 2.13. The maximum atomic E-state index is 11.9. The van der Waals surface area contributed by atoms with Crippen LogP contribution >= 0.6 is 0 Å². The molecule has 1 aromatic heterocycles. The van der Waals surface area contributed by atoms with Crippen LogP contribution in [-0.2, 0) is 0 Å². The molecular formula is C13H8N4O3. The monoisotopic (exact) mass is 268 g/mol. The lowest BCUT2D eigenvalue weighted by molar-refractivity contribution is -0.384. The summed E-state index contributed by atoms with van der Waals surface area (Å²) in [6.45, 7) is 0. The molecule has 0 saturated heterocycles. The number of carbonyl (C=O) groups is 1. The molecule has 0 saturated carbocycles. The largest absolute Gasteiger partial charge is 0.319 e. The van der Waals surface area contributed by atoms with E-state index in [1.807, 2.05) is 6.07 Å². The Bertz CT molecular complexity index is 707. The number of carbonyl (C=O) groups excluding carboxylic acids is 1. The number of anilines is 1. The van der Waals surface area contributed by atoms with Gasteiger partial charge in [0, 0.05) is 18.3 Å². The first-order chi connectivity index (χ1) is 9.61. The second-order valence-corrected chi connectivity index (χ2v) is 3.77. The molecule has 0 atom stereocenters. The van der Waals surface area contributed by atoms with Gasteiger partial charge in [-0.15, -0.1) is 0 Å². The van der Waals surface area contributed by atoms with Crippen LogP contribution in [0, 0.1) is 21.4 Å². The van der Waals surface area contributed by atoms with E-state index in [9.17, 15) is 14.9 Å². The summed E-state index contributed by atoms with van der Waals surface area (Å²) in [5.41, 5.74) is 0.198. The maximum Gasteiger partial charge on any atom is 0.274 e. The highest BCUT2D eigenvalue weighted by Crippen LogP contribution is 2.21. The number of amides is 1. The molecule has 0 aliphatic heterocycles. The highest BCUT2D eigenvalue weighted by molar-refractivity contribution is 6.03. The Labute approximate surface area is 113 Å². The van der Waals surface area contributed by atoms with Gasteiger partial charge < -0.3 is 5.32 Å². The molecule has 2 aromatic rings. The first-order valence-electron chi connectivity index (χ1n) is 5.53. The second kappa shape index (κ2) is 5.58. The van der Waals surface area contributed by atoms with Crippen molar-refractivity contribution in [2.45, 2.75) is 0 Å². The normalized spacial score (nSPS) is 9.55. The number of rotatable bonds is 3. The first-order valence-corrected chi connectivity index (χ1v) is 5.53. The molecule has 7 nitrogen and oxygen atoms in total. The lowest BCUT2D eigenvalue weighted by atomic mass is 10.1. The molecule has 1 N–H and O–H groups in total. The number of nitrogens with zero attached hydrogens (tertiary/aromatic N) is 3. The van der Waals surface area contributed by atoms with Gasteiger partial charge in [0.05, 0.1) is 16.2 Å². The SMILES string of the molecule is N#Cc1cc([N+](=O)[O-])ccc1NC(=O)c1ccccn1. The molecule has 0 spiro atoms. The van der Waals surface area contributed by atoms with Crippen molar-refractivity contribution in [2.75, 3.05) is 5.32 Å². The molecule has 1 aromatic carbocycles. The number of nitro groups is 1. The van der Waals surface area contributed by atoms with Crippen molar-refractivity contribution in [3.05, 3.63) is 64.0 Å². The van der Waals surface area contributed by atoms with Crippen LogP contribution in [0.25, 0.3) is 0 Å². The van der Waals surface area contributed by atoms with Crippen LogP contribution in [0.3, 0.4) is 0 Å². The van der Waals surface area contributed by atoms with Gasteiger partial charge in [0.2, 0.25) is 0 Å². The summed E-state index contributed by atoms with van der Waals surface area (Å²) in [4.78, 5) is 25.8. The van der Waals surface area contributed by atoms with Gasteiger partial charge in [-0.05, 0) is 18.2 Å². The molecule has 7 heteroatoms. The summed E-state index contributed by atoms with van der Waals surface area (Å²) in [7, 11) is 0. The molecule has 0 aliphatic rings. The fourth-order valence-electron chi connectivity index (χ4n) is 1.53. The van der Waals surface area contributed by atoms with Crippen molar-refractivity contribution in [1.82, 2.24) is 4.98 Å². The lowest BCUT2D eigenvalue weighted by Gasteiger charge is -2.06. The number of nitriles is 1. The summed E-state index contributed by atoms with van der Waals surface area (Å²) in [5.74, 6) is -0.490. The van der Waals surface area contributed by atoms with Gasteiger partial charge >= 0.3 is 0 Å². The maximum absolute atomic E-state index is 11.9. The Balaban J connectivity index is 2.28. The minimum atomic E-state index is -0.606. The topological polar surface area (TPSA) is 109 Å². The van der Waals surface area contributed by atoms with Gasteiger partial charge in [-0.3, -0.25) is 19.9 Å². The number of aromatic nitrogens is 1. The molecular weight excluding hydrogens is 260 g/mol. The average molecular weight is 268 g/mol. The molecule has 20 heavy (non-hydrogen) atoms. The van der Waals surface area contributed by atoms with E-state index < -0.39 is 10.8 Å². The number of non-ortho nitro benzene ring substituents is 1. The quantitative estimate of drug-likeness (QED) is 0.677. The van der Waals surface area contributed by atoms with Crippen LogP contribution in [0.2, 0.25) is 0 Å². The van der Waals surface area contributed by atoms with E-state index in [-0.39, 0.29) is 22.6 Å². The van der Waals surface area contributed by atoms with E-state index in [0.717, 1.165) is 6.07 Å². The lowest BCUT2D eigenvalue weighted by Crippen LogP contribution is -2.14. The molecule has 1 amide bonds. The zero-order valence-electron chi connectivity index (χ0n) is 10.1. The van der Waals surface area contributed by atoms with Crippen molar-refractivity contribution in [3.8, 4) is 6.07 Å². The molecule has 0 bridgehead atoms. The van der Waals surface area contributed by atoms with E-state index in [4.69, 9.17) is 5.26 Å². The van der Waals surface area contributed by atoms with Crippen molar-refractivity contribution in [3.63, 3.8) is 0 Å². The molecule has 2 rings (SSSR count). The van der Waals surface area contributed by atoms with Crippen molar-refractivity contribution < 1.29 is 9.72 Å². The molecule has 0 unspecified atom stereocenters. The first kappa shape index (κ1) is 13.2. The summed E-state index contributed by atoms with van der Waals surface area (Å²) >= 11 is 0. The van der Waals surface area contributed by atoms with E-state index in [2.05, 4.69) is 10.3 Å². The van der Waals surface area contributed by atoms with Crippen LogP contribution in [0.4, 0.5) is 11.4 Å². The third kappa shape index (κ3) is 2.76. The van der Waals surface area contributed by atoms with Gasteiger partial charge in [-0.25, -0.2) is 0 Å².